The summed E-state index contributed by atoms with van der Waals surface area (Å²) in [7, 11) is 0. The van der Waals surface area contributed by atoms with Crippen LogP contribution in [0.3, 0.4) is 0 Å². The molecule has 2 aliphatic rings. The van der Waals surface area contributed by atoms with Crippen LogP contribution in [0.2, 0.25) is 10.0 Å². The molecule has 0 radical (unpaired) electrons. The van der Waals surface area contributed by atoms with Crippen LogP contribution in [-0.4, -0.2) is 18.5 Å². The van der Waals surface area contributed by atoms with Crippen LogP contribution in [-0.2, 0) is 21.1 Å². The highest BCUT2D eigenvalue weighted by Crippen LogP contribution is 2.42. The fourth-order valence-corrected chi connectivity index (χ4v) is 4.12. The second-order valence-corrected chi connectivity index (χ2v) is 8.00. The zero-order chi connectivity index (χ0) is 19.6. The molecule has 148 valence electrons. The maximum absolute atomic E-state index is 6.43. The quantitative estimate of drug-likeness (QED) is 0.539. The molecule has 4 rings (SSSR count). The van der Waals surface area contributed by atoms with E-state index in [-0.39, 0.29) is 0 Å². The predicted octanol–water partition coefficient (Wildman–Crippen LogP) is 6.20. The zero-order valence-electron chi connectivity index (χ0n) is 15.5. The Hall–Kier alpha value is -1.56. The molecule has 2 aromatic rings. The van der Waals surface area contributed by atoms with Gasteiger partial charge >= 0.3 is 0 Å². The van der Waals surface area contributed by atoms with Gasteiger partial charge in [-0.25, -0.2) is 9.78 Å². The van der Waals surface area contributed by atoms with Crippen molar-refractivity contribution in [1.29, 1.82) is 0 Å². The van der Waals surface area contributed by atoms with E-state index >= 15 is 0 Å². The van der Waals surface area contributed by atoms with E-state index in [0.29, 0.717) is 40.1 Å². The summed E-state index contributed by atoms with van der Waals surface area (Å²) in [6, 6.07) is 13.3. The summed E-state index contributed by atoms with van der Waals surface area (Å²) in [5, 5.41) is 0.919. The summed E-state index contributed by atoms with van der Waals surface area (Å²) in [6.45, 7) is 4.92. The molecule has 2 fully saturated rings. The first-order chi connectivity index (χ1) is 13.6. The van der Waals surface area contributed by atoms with E-state index in [4.69, 9.17) is 42.5 Å². The first-order valence-corrected chi connectivity index (χ1v) is 10.2. The topological polar surface area (TPSA) is 36.9 Å². The van der Waals surface area contributed by atoms with Gasteiger partial charge in [-0.05, 0) is 36.1 Å². The highest BCUT2D eigenvalue weighted by atomic mass is 35.5. The van der Waals surface area contributed by atoms with Crippen LogP contribution in [0.5, 0.6) is 5.75 Å². The third-order valence-corrected chi connectivity index (χ3v) is 5.65. The van der Waals surface area contributed by atoms with Crippen LogP contribution in [0, 0.1) is 0 Å². The van der Waals surface area contributed by atoms with E-state index < -0.39 is 11.9 Å². The van der Waals surface area contributed by atoms with Gasteiger partial charge in [0, 0.05) is 23.4 Å². The Morgan fingerprint density at radius 3 is 2.57 bits per heavy atom. The van der Waals surface area contributed by atoms with Gasteiger partial charge < -0.3 is 9.47 Å². The van der Waals surface area contributed by atoms with Gasteiger partial charge in [-0.15, -0.1) is 0 Å². The average Bonchev–Trinajstić information content (AvgIpc) is 3.15. The molecule has 1 spiro atoms. The lowest BCUT2D eigenvalue weighted by atomic mass is 10.0. The first-order valence-electron chi connectivity index (χ1n) is 9.40. The Bertz CT molecular complexity index is 837. The molecule has 1 aliphatic carbocycles. The zero-order valence-corrected chi connectivity index (χ0v) is 17.0. The molecule has 6 heteroatoms. The minimum Gasteiger partial charge on any atom is -0.487 e. The van der Waals surface area contributed by atoms with Crippen molar-refractivity contribution < 1.29 is 19.2 Å². The second-order valence-electron chi connectivity index (χ2n) is 7.16. The molecule has 4 nitrogen and oxygen atoms in total. The minimum absolute atomic E-state index is 0.362. The van der Waals surface area contributed by atoms with E-state index in [2.05, 4.69) is 6.58 Å². The number of hydrogen-bond donors (Lipinski definition) is 0. The fourth-order valence-electron chi connectivity index (χ4n) is 3.57. The Morgan fingerprint density at radius 2 is 1.89 bits per heavy atom. The Balaban J connectivity index is 1.52. The summed E-state index contributed by atoms with van der Waals surface area (Å²) in [6.07, 6.45) is 3.40. The van der Waals surface area contributed by atoms with Gasteiger partial charge in [0.1, 0.15) is 18.5 Å². The molecule has 0 bridgehead atoms. The van der Waals surface area contributed by atoms with Crippen LogP contribution >= 0.6 is 23.2 Å². The van der Waals surface area contributed by atoms with E-state index in [9.17, 15) is 0 Å². The lowest BCUT2D eigenvalue weighted by Crippen LogP contribution is -2.43. The normalized spacial score (nSPS) is 21.0. The molecular formula is C22H22Cl2O4. The molecule has 2 aromatic carbocycles. The average molecular weight is 421 g/mol. The van der Waals surface area contributed by atoms with Crippen molar-refractivity contribution in [2.24, 2.45) is 0 Å². The highest BCUT2D eigenvalue weighted by Gasteiger charge is 2.43. The Kier molecular flexibility index (Phi) is 5.95. The first kappa shape index (κ1) is 19.7. The summed E-state index contributed by atoms with van der Waals surface area (Å²) in [5.41, 5.74) is 2.38. The Labute approximate surface area is 174 Å². The monoisotopic (exact) mass is 420 g/mol. The van der Waals surface area contributed by atoms with Crippen molar-refractivity contribution in [2.75, 3.05) is 6.61 Å². The van der Waals surface area contributed by atoms with Crippen molar-refractivity contribution >= 4 is 28.8 Å². The summed E-state index contributed by atoms with van der Waals surface area (Å²) in [5.74, 6) is -0.0836. The third-order valence-electron chi connectivity index (χ3n) is 5.15. The third kappa shape index (κ3) is 4.22. The lowest BCUT2D eigenvalue weighted by molar-refractivity contribution is -0.475. The van der Waals surface area contributed by atoms with Gasteiger partial charge in [0.05, 0.1) is 11.6 Å². The molecule has 0 N–H and O–H groups in total. The summed E-state index contributed by atoms with van der Waals surface area (Å²) >= 11 is 12.7. The SMILES string of the molecule is C=C(c1cc(Cl)cc(Cl)c1OCc1ccccc1)C1COC2(CCCC2)OO1. The van der Waals surface area contributed by atoms with Gasteiger partial charge in [0.25, 0.3) is 0 Å². The second kappa shape index (κ2) is 8.44. The fraction of sp³-hybridized carbons (Fsp3) is 0.364. The molecule has 1 aliphatic heterocycles. The maximum Gasteiger partial charge on any atom is 0.201 e. The number of ether oxygens (including phenoxy) is 2. The van der Waals surface area contributed by atoms with Crippen LogP contribution in [0.1, 0.15) is 36.8 Å². The standard InChI is InChI=1S/C22H22Cl2O4/c1-15(20-14-26-22(28-27-20)9-5-6-10-22)18-11-17(23)12-19(24)21(18)25-13-16-7-3-2-4-8-16/h2-4,7-8,11-12,20H,1,5-6,9-10,13-14H2. The molecule has 0 amide bonds. The molecule has 1 unspecified atom stereocenters. The number of hydrogen-bond acceptors (Lipinski definition) is 4. The number of benzene rings is 2. The largest absolute Gasteiger partial charge is 0.487 e. The Morgan fingerprint density at radius 1 is 1.14 bits per heavy atom. The smallest absolute Gasteiger partial charge is 0.201 e. The van der Waals surface area contributed by atoms with Gasteiger partial charge in [-0.1, -0.05) is 60.1 Å². The van der Waals surface area contributed by atoms with Crippen molar-refractivity contribution in [3.63, 3.8) is 0 Å². The van der Waals surface area contributed by atoms with Gasteiger partial charge in [0.2, 0.25) is 5.79 Å². The number of halogens is 2. The van der Waals surface area contributed by atoms with Gasteiger partial charge in [-0.2, -0.15) is 0 Å². The van der Waals surface area contributed by atoms with Crippen molar-refractivity contribution in [2.45, 2.75) is 44.2 Å². The molecule has 1 heterocycles. The van der Waals surface area contributed by atoms with E-state index in [1.807, 2.05) is 30.3 Å². The molecule has 1 atom stereocenters. The number of rotatable bonds is 5. The minimum atomic E-state index is -0.602. The molecular weight excluding hydrogens is 399 g/mol. The molecule has 1 saturated heterocycles. The van der Waals surface area contributed by atoms with Crippen LogP contribution in [0.25, 0.3) is 5.57 Å². The highest BCUT2D eigenvalue weighted by molar-refractivity contribution is 6.36. The molecule has 28 heavy (non-hydrogen) atoms. The maximum atomic E-state index is 6.43. The van der Waals surface area contributed by atoms with Crippen LogP contribution in [0.15, 0.2) is 49.0 Å². The van der Waals surface area contributed by atoms with E-state index in [0.717, 1.165) is 31.2 Å². The summed E-state index contributed by atoms with van der Waals surface area (Å²) in [4.78, 5) is 11.3. The van der Waals surface area contributed by atoms with Gasteiger partial charge in [-0.3, -0.25) is 0 Å². The van der Waals surface area contributed by atoms with E-state index in [1.54, 1.807) is 12.1 Å². The van der Waals surface area contributed by atoms with Crippen molar-refractivity contribution in [3.05, 3.63) is 70.2 Å². The lowest BCUT2D eigenvalue weighted by Gasteiger charge is -2.36. The predicted molar refractivity (Wildman–Crippen MR) is 109 cm³/mol. The summed E-state index contributed by atoms with van der Waals surface area (Å²) < 4.78 is 12.0. The van der Waals surface area contributed by atoms with Gasteiger partial charge in [0.15, 0.2) is 0 Å². The molecule has 0 aromatic heterocycles. The van der Waals surface area contributed by atoms with E-state index in [1.165, 1.54) is 0 Å². The van der Waals surface area contributed by atoms with Crippen LogP contribution in [0.4, 0.5) is 0 Å². The van der Waals surface area contributed by atoms with Crippen molar-refractivity contribution in [1.82, 2.24) is 0 Å². The van der Waals surface area contributed by atoms with Crippen molar-refractivity contribution in [3.8, 4) is 5.75 Å². The van der Waals surface area contributed by atoms with Crippen LogP contribution < -0.4 is 4.74 Å². The molecule has 1 saturated carbocycles.